The first-order chi connectivity index (χ1) is 8.58. The number of esters is 1. The minimum Gasteiger partial charge on any atom is -0.459 e. The van der Waals surface area contributed by atoms with Gasteiger partial charge in [0, 0.05) is 12.1 Å². The van der Waals surface area contributed by atoms with Gasteiger partial charge in [-0.1, -0.05) is 0 Å². The van der Waals surface area contributed by atoms with Gasteiger partial charge in [-0.15, -0.1) is 0 Å². The number of carbonyl (C=O) groups is 1. The molecule has 0 aromatic heterocycles. The Hall–Kier alpha value is -1.98. The molecule has 0 amide bonds. The van der Waals surface area contributed by atoms with E-state index in [9.17, 15) is 19.3 Å². The van der Waals surface area contributed by atoms with Gasteiger partial charge in [-0.3, -0.25) is 10.1 Å². The number of carbonyl (C=O) groups excluding carboxylic acids is 1. The molecule has 0 atom stereocenters. The number of rotatable bonds is 3. The molecule has 0 unspecified atom stereocenters. The van der Waals surface area contributed by atoms with Gasteiger partial charge in [0.05, 0.1) is 4.92 Å². The van der Waals surface area contributed by atoms with Gasteiger partial charge in [0.25, 0.3) is 5.69 Å². The molecule has 0 saturated heterocycles. The zero-order chi connectivity index (χ0) is 13.1. The lowest BCUT2D eigenvalue weighted by Gasteiger charge is -2.11. The van der Waals surface area contributed by atoms with Gasteiger partial charge in [-0.2, -0.15) is 0 Å². The molecule has 2 rings (SSSR count). The Labute approximate surface area is 103 Å². The number of halogens is 1. The summed E-state index contributed by atoms with van der Waals surface area (Å²) in [6, 6.07) is 2.83. The minimum atomic E-state index is -0.830. The molecule has 0 spiro atoms. The van der Waals surface area contributed by atoms with E-state index >= 15 is 0 Å². The van der Waals surface area contributed by atoms with Crippen molar-refractivity contribution in [2.75, 3.05) is 0 Å². The number of nitrogens with zero attached hydrogens (tertiary/aromatic N) is 1. The van der Waals surface area contributed by atoms with Crippen LogP contribution in [0.2, 0.25) is 0 Å². The smallest absolute Gasteiger partial charge is 0.341 e. The van der Waals surface area contributed by atoms with Crippen molar-refractivity contribution in [2.45, 2.75) is 31.8 Å². The average molecular weight is 253 g/mol. The summed E-state index contributed by atoms with van der Waals surface area (Å²) in [6.45, 7) is 0. The van der Waals surface area contributed by atoms with Gasteiger partial charge in [0.2, 0.25) is 0 Å². The molecule has 0 N–H and O–H groups in total. The quantitative estimate of drug-likeness (QED) is 0.472. The molecule has 1 aromatic rings. The van der Waals surface area contributed by atoms with E-state index in [1.54, 1.807) is 0 Å². The highest BCUT2D eigenvalue weighted by Crippen LogP contribution is 2.24. The monoisotopic (exact) mass is 253 g/mol. The van der Waals surface area contributed by atoms with Crippen molar-refractivity contribution < 1.29 is 18.8 Å². The maximum absolute atomic E-state index is 13.4. The maximum Gasteiger partial charge on any atom is 0.341 e. The maximum atomic E-state index is 13.4. The van der Waals surface area contributed by atoms with Crippen molar-refractivity contribution >= 4 is 11.7 Å². The van der Waals surface area contributed by atoms with E-state index in [0.717, 1.165) is 43.9 Å². The third kappa shape index (κ3) is 2.64. The first-order valence-corrected chi connectivity index (χ1v) is 5.73. The first-order valence-electron chi connectivity index (χ1n) is 5.73. The second kappa shape index (κ2) is 5.12. The largest absolute Gasteiger partial charge is 0.459 e. The molecule has 96 valence electrons. The van der Waals surface area contributed by atoms with Crippen LogP contribution in [0.1, 0.15) is 36.0 Å². The standard InChI is InChI=1S/C12H12FNO4/c13-11-6-5-8(14(16)17)7-10(11)12(15)18-9-3-1-2-4-9/h5-7,9H,1-4H2. The molecule has 1 aliphatic carbocycles. The number of non-ortho nitro benzene ring substituents is 1. The van der Waals surface area contributed by atoms with Gasteiger partial charge >= 0.3 is 5.97 Å². The van der Waals surface area contributed by atoms with Crippen molar-refractivity contribution in [2.24, 2.45) is 0 Å². The van der Waals surface area contributed by atoms with Crippen LogP contribution in [0.4, 0.5) is 10.1 Å². The zero-order valence-electron chi connectivity index (χ0n) is 9.60. The molecule has 1 aromatic carbocycles. The fourth-order valence-electron chi connectivity index (χ4n) is 2.00. The Kier molecular flexibility index (Phi) is 3.55. The minimum absolute atomic E-state index is 0.198. The fourth-order valence-corrected chi connectivity index (χ4v) is 2.00. The molecule has 0 aliphatic heterocycles. The van der Waals surface area contributed by atoms with Crippen LogP contribution in [0.25, 0.3) is 0 Å². The summed E-state index contributed by atoms with van der Waals surface area (Å²) < 4.78 is 18.5. The molecule has 1 fully saturated rings. The predicted octanol–water partition coefficient (Wildman–Crippen LogP) is 2.83. The predicted molar refractivity (Wildman–Crippen MR) is 60.7 cm³/mol. The van der Waals surface area contributed by atoms with Gasteiger partial charge in [0.15, 0.2) is 0 Å². The first kappa shape index (κ1) is 12.5. The van der Waals surface area contributed by atoms with Crippen molar-refractivity contribution in [1.82, 2.24) is 0 Å². The highest BCUT2D eigenvalue weighted by Gasteiger charge is 2.23. The van der Waals surface area contributed by atoms with Gasteiger partial charge in [0.1, 0.15) is 17.5 Å². The summed E-state index contributed by atoms with van der Waals surface area (Å²) in [5, 5.41) is 10.6. The van der Waals surface area contributed by atoms with Crippen molar-refractivity contribution in [3.8, 4) is 0 Å². The van der Waals surface area contributed by atoms with E-state index in [4.69, 9.17) is 4.74 Å². The lowest BCUT2D eigenvalue weighted by Crippen LogP contribution is -2.16. The fraction of sp³-hybridized carbons (Fsp3) is 0.417. The molecule has 0 radical (unpaired) electrons. The number of ether oxygens (including phenoxy) is 1. The van der Waals surface area contributed by atoms with E-state index in [1.807, 2.05) is 0 Å². The Morgan fingerprint density at radius 1 is 1.39 bits per heavy atom. The Morgan fingerprint density at radius 3 is 2.67 bits per heavy atom. The molecule has 1 saturated carbocycles. The summed E-state index contributed by atoms with van der Waals surface area (Å²) in [4.78, 5) is 21.6. The van der Waals surface area contributed by atoms with Gasteiger partial charge in [-0.25, -0.2) is 9.18 Å². The Bertz CT molecular complexity index is 483. The molecule has 18 heavy (non-hydrogen) atoms. The SMILES string of the molecule is O=C(OC1CCCC1)c1cc([N+](=O)[O-])ccc1F. The number of benzene rings is 1. The van der Waals surface area contributed by atoms with Crippen molar-refractivity contribution in [3.05, 3.63) is 39.7 Å². The molecular weight excluding hydrogens is 241 g/mol. The Morgan fingerprint density at radius 2 is 2.06 bits per heavy atom. The van der Waals surface area contributed by atoms with Crippen LogP contribution in [-0.4, -0.2) is 17.0 Å². The Balaban J connectivity index is 2.17. The van der Waals surface area contributed by atoms with Gasteiger partial charge in [-0.05, 0) is 31.7 Å². The normalized spacial score (nSPS) is 15.6. The summed E-state index contributed by atoms with van der Waals surface area (Å²) >= 11 is 0. The van der Waals surface area contributed by atoms with Crippen molar-refractivity contribution in [3.63, 3.8) is 0 Å². The summed E-state index contributed by atoms with van der Waals surface area (Å²) in [5.41, 5.74) is -0.703. The highest BCUT2D eigenvalue weighted by molar-refractivity contribution is 5.90. The van der Waals surface area contributed by atoms with E-state index in [0.29, 0.717) is 0 Å². The van der Waals surface area contributed by atoms with E-state index < -0.39 is 16.7 Å². The lowest BCUT2D eigenvalue weighted by atomic mass is 10.2. The second-order valence-corrected chi connectivity index (χ2v) is 4.23. The lowest BCUT2D eigenvalue weighted by molar-refractivity contribution is -0.384. The molecule has 1 aliphatic rings. The van der Waals surface area contributed by atoms with Crippen LogP contribution in [0.15, 0.2) is 18.2 Å². The highest BCUT2D eigenvalue weighted by atomic mass is 19.1. The van der Waals surface area contributed by atoms with Crippen LogP contribution in [0.3, 0.4) is 0 Å². The topological polar surface area (TPSA) is 69.4 Å². The van der Waals surface area contributed by atoms with Crippen LogP contribution in [0.5, 0.6) is 0 Å². The van der Waals surface area contributed by atoms with Crippen LogP contribution in [0, 0.1) is 15.9 Å². The third-order valence-corrected chi connectivity index (χ3v) is 2.96. The summed E-state index contributed by atoms with van der Waals surface area (Å²) in [5.74, 6) is -1.63. The van der Waals surface area contributed by atoms with E-state index in [1.165, 1.54) is 0 Å². The number of nitro groups is 1. The number of nitro benzene ring substituents is 1. The molecule has 0 heterocycles. The third-order valence-electron chi connectivity index (χ3n) is 2.96. The summed E-state index contributed by atoms with van der Waals surface area (Å²) in [6.07, 6.45) is 3.30. The molecule has 0 bridgehead atoms. The van der Waals surface area contributed by atoms with E-state index in [-0.39, 0.29) is 17.4 Å². The average Bonchev–Trinajstić information content (AvgIpc) is 2.81. The second-order valence-electron chi connectivity index (χ2n) is 4.23. The molecular formula is C12H12FNO4. The molecule has 6 heteroatoms. The summed E-state index contributed by atoms with van der Waals surface area (Å²) in [7, 11) is 0. The van der Waals surface area contributed by atoms with E-state index in [2.05, 4.69) is 0 Å². The zero-order valence-corrected chi connectivity index (χ0v) is 9.60. The number of hydrogen-bond donors (Lipinski definition) is 0. The van der Waals surface area contributed by atoms with Crippen LogP contribution >= 0.6 is 0 Å². The number of hydrogen-bond acceptors (Lipinski definition) is 4. The molecule has 5 nitrogen and oxygen atoms in total. The van der Waals surface area contributed by atoms with Crippen LogP contribution in [-0.2, 0) is 4.74 Å². The van der Waals surface area contributed by atoms with Crippen LogP contribution < -0.4 is 0 Å². The van der Waals surface area contributed by atoms with Gasteiger partial charge < -0.3 is 4.74 Å². The van der Waals surface area contributed by atoms with Crippen molar-refractivity contribution in [1.29, 1.82) is 0 Å².